The first-order valence-electron chi connectivity index (χ1n) is 6.37. The lowest BCUT2D eigenvalue weighted by Gasteiger charge is -2.09. The molecule has 6 heteroatoms. The lowest BCUT2D eigenvalue weighted by molar-refractivity contribution is 0.459. The number of benzene rings is 1. The first-order chi connectivity index (χ1) is 9.62. The highest BCUT2D eigenvalue weighted by atomic mass is 35.5. The van der Waals surface area contributed by atoms with Crippen molar-refractivity contribution in [3.63, 3.8) is 0 Å². The normalized spacial score (nSPS) is 10.4. The Bertz CT molecular complexity index is 605. The van der Waals surface area contributed by atoms with Crippen molar-refractivity contribution in [1.29, 1.82) is 0 Å². The number of ether oxygens (including phenoxy) is 1. The highest BCUT2D eigenvalue weighted by molar-refractivity contribution is 6.42. The number of aryl methyl sites for hydroxylation is 1. The van der Waals surface area contributed by atoms with Crippen LogP contribution in [0.25, 0.3) is 0 Å². The molecular formula is C14H15Cl2N3O. The van der Waals surface area contributed by atoms with E-state index in [1.807, 2.05) is 13.8 Å². The number of aromatic nitrogens is 2. The van der Waals surface area contributed by atoms with E-state index in [2.05, 4.69) is 15.3 Å². The fraction of sp³-hybridized carbons (Fsp3) is 0.286. The molecule has 0 unspecified atom stereocenters. The lowest BCUT2D eigenvalue weighted by Crippen LogP contribution is -2.04. The van der Waals surface area contributed by atoms with Crippen molar-refractivity contribution in [2.75, 3.05) is 11.9 Å². The van der Waals surface area contributed by atoms with Gasteiger partial charge in [-0.2, -0.15) is 4.98 Å². The number of nitrogens with zero attached hydrogens (tertiary/aromatic N) is 2. The molecule has 20 heavy (non-hydrogen) atoms. The Morgan fingerprint density at radius 3 is 2.55 bits per heavy atom. The molecule has 0 fully saturated rings. The Kier molecular flexibility index (Phi) is 5.04. The van der Waals surface area contributed by atoms with Gasteiger partial charge in [-0.05, 0) is 19.1 Å². The molecule has 0 aliphatic rings. The Hall–Kier alpha value is -1.52. The van der Waals surface area contributed by atoms with Crippen LogP contribution in [0.3, 0.4) is 0 Å². The summed E-state index contributed by atoms with van der Waals surface area (Å²) < 4.78 is 5.71. The second-order valence-electron chi connectivity index (χ2n) is 4.07. The summed E-state index contributed by atoms with van der Waals surface area (Å²) in [5.74, 6) is 2.53. The smallest absolute Gasteiger partial charge is 0.224 e. The number of halogens is 2. The molecule has 0 aliphatic carbocycles. The van der Waals surface area contributed by atoms with Crippen LogP contribution in [0.5, 0.6) is 11.6 Å². The Morgan fingerprint density at radius 1 is 1.10 bits per heavy atom. The van der Waals surface area contributed by atoms with Gasteiger partial charge >= 0.3 is 0 Å². The minimum atomic E-state index is 0.445. The summed E-state index contributed by atoms with van der Waals surface area (Å²) in [6, 6.07) is 6.84. The standard InChI is InChI=1S/C14H15Cl2N3O/c1-3-12-18-13(17-4-2)8-14(19-12)20-9-5-6-10(15)11(16)7-9/h5-8H,3-4H2,1-2H3,(H,17,18,19). The van der Waals surface area contributed by atoms with Gasteiger partial charge in [0, 0.05) is 25.1 Å². The maximum Gasteiger partial charge on any atom is 0.224 e. The lowest BCUT2D eigenvalue weighted by atomic mass is 10.3. The van der Waals surface area contributed by atoms with Crippen LogP contribution in [0.2, 0.25) is 10.0 Å². The van der Waals surface area contributed by atoms with Gasteiger partial charge in [-0.1, -0.05) is 30.1 Å². The molecule has 0 amide bonds. The fourth-order valence-corrected chi connectivity index (χ4v) is 1.90. The van der Waals surface area contributed by atoms with E-state index in [9.17, 15) is 0 Å². The quantitative estimate of drug-likeness (QED) is 0.878. The van der Waals surface area contributed by atoms with E-state index in [0.717, 1.165) is 24.6 Å². The molecule has 4 nitrogen and oxygen atoms in total. The van der Waals surface area contributed by atoms with Crippen LogP contribution in [-0.2, 0) is 6.42 Å². The number of hydrogen-bond donors (Lipinski definition) is 1. The van der Waals surface area contributed by atoms with E-state index in [1.54, 1.807) is 24.3 Å². The summed E-state index contributed by atoms with van der Waals surface area (Å²) in [5.41, 5.74) is 0. The van der Waals surface area contributed by atoms with Gasteiger partial charge in [0.25, 0.3) is 0 Å². The molecule has 1 N–H and O–H groups in total. The fourth-order valence-electron chi connectivity index (χ4n) is 1.62. The molecule has 0 saturated carbocycles. The first kappa shape index (κ1) is 14.9. The number of hydrogen-bond acceptors (Lipinski definition) is 4. The van der Waals surface area contributed by atoms with Gasteiger partial charge in [-0.25, -0.2) is 4.98 Å². The summed E-state index contributed by atoms with van der Waals surface area (Å²) in [6.45, 7) is 4.79. The predicted molar refractivity (Wildman–Crippen MR) is 82.1 cm³/mol. The van der Waals surface area contributed by atoms with Crippen molar-refractivity contribution >= 4 is 29.0 Å². The molecule has 0 spiro atoms. The second-order valence-corrected chi connectivity index (χ2v) is 4.88. The molecule has 106 valence electrons. The minimum absolute atomic E-state index is 0.445. The van der Waals surface area contributed by atoms with Crippen LogP contribution >= 0.6 is 23.2 Å². The van der Waals surface area contributed by atoms with E-state index in [4.69, 9.17) is 27.9 Å². The molecule has 2 rings (SSSR count). The van der Waals surface area contributed by atoms with E-state index >= 15 is 0 Å². The van der Waals surface area contributed by atoms with Crippen molar-refractivity contribution in [3.05, 3.63) is 40.1 Å². The van der Waals surface area contributed by atoms with Crippen LogP contribution in [0.1, 0.15) is 19.7 Å². The highest BCUT2D eigenvalue weighted by Gasteiger charge is 2.07. The summed E-state index contributed by atoms with van der Waals surface area (Å²) in [4.78, 5) is 8.70. The van der Waals surface area contributed by atoms with Crippen LogP contribution in [0, 0.1) is 0 Å². The molecule has 1 aromatic carbocycles. The zero-order valence-electron chi connectivity index (χ0n) is 11.3. The molecule has 0 atom stereocenters. The van der Waals surface area contributed by atoms with Gasteiger partial charge in [0.15, 0.2) is 0 Å². The van der Waals surface area contributed by atoms with E-state index < -0.39 is 0 Å². The van der Waals surface area contributed by atoms with Gasteiger partial charge in [-0.15, -0.1) is 0 Å². The third-order valence-electron chi connectivity index (χ3n) is 2.54. The number of nitrogens with one attached hydrogen (secondary N) is 1. The minimum Gasteiger partial charge on any atom is -0.439 e. The molecule has 0 aliphatic heterocycles. The Morgan fingerprint density at radius 2 is 1.90 bits per heavy atom. The van der Waals surface area contributed by atoms with Crippen LogP contribution in [0.15, 0.2) is 24.3 Å². The van der Waals surface area contributed by atoms with Gasteiger partial charge < -0.3 is 10.1 Å². The largest absolute Gasteiger partial charge is 0.439 e. The van der Waals surface area contributed by atoms with E-state index in [1.165, 1.54) is 0 Å². The van der Waals surface area contributed by atoms with Crippen molar-refractivity contribution in [2.24, 2.45) is 0 Å². The Balaban J connectivity index is 2.27. The highest BCUT2D eigenvalue weighted by Crippen LogP contribution is 2.29. The van der Waals surface area contributed by atoms with Gasteiger partial charge in [0.1, 0.15) is 17.4 Å². The molecule has 0 bridgehead atoms. The molecule has 0 radical (unpaired) electrons. The van der Waals surface area contributed by atoms with Crippen LogP contribution in [-0.4, -0.2) is 16.5 Å². The SMILES string of the molecule is CCNc1cc(Oc2ccc(Cl)c(Cl)c2)nc(CC)n1. The van der Waals surface area contributed by atoms with Crippen LogP contribution < -0.4 is 10.1 Å². The van der Waals surface area contributed by atoms with Crippen molar-refractivity contribution in [2.45, 2.75) is 20.3 Å². The average Bonchev–Trinajstić information content (AvgIpc) is 2.43. The number of anilines is 1. The summed E-state index contributed by atoms with van der Waals surface area (Å²) in [7, 11) is 0. The summed E-state index contributed by atoms with van der Waals surface area (Å²) in [6.07, 6.45) is 0.733. The molecule has 0 saturated heterocycles. The van der Waals surface area contributed by atoms with E-state index in [-0.39, 0.29) is 0 Å². The van der Waals surface area contributed by atoms with Crippen molar-refractivity contribution in [1.82, 2.24) is 9.97 Å². The predicted octanol–water partition coefficient (Wildman–Crippen LogP) is 4.57. The van der Waals surface area contributed by atoms with Gasteiger partial charge in [0.05, 0.1) is 10.0 Å². The Labute approximate surface area is 128 Å². The summed E-state index contributed by atoms with van der Waals surface area (Å²) >= 11 is 11.8. The monoisotopic (exact) mass is 311 g/mol. The molecular weight excluding hydrogens is 297 g/mol. The second kappa shape index (κ2) is 6.77. The number of rotatable bonds is 5. The van der Waals surface area contributed by atoms with E-state index in [0.29, 0.717) is 21.7 Å². The maximum atomic E-state index is 5.96. The first-order valence-corrected chi connectivity index (χ1v) is 7.12. The third kappa shape index (κ3) is 3.74. The molecule has 2 aromatic rings. The summed E-state index contributed by atoms with van der Waals surface area (Å²) in [5, 5.41) is 4.09. The third-order valence-corrected chi connectivity index (χ3v) is 3.28. The molecule has 1 heterocycles. The zero-order chi connectivity index (χ0) is 14.5. The van der Waals surface area contributed by atoms with Crippen molar-refractivity contribution < 1.29 is 4.74 Å². The topological polar surface area (TPSA) is 47.0 Å². The van der Waals surface area contributed by atoms with Gasteiger partial charge in [0.2, 0.25) is 5.88 Å². The average molecular weight is 312 g/mol. The van der Waals surface area contributed by atoms with Crippen molar-refractivity contribution in [3.8, 4) is 11.6 Å². The zero-order valence-corrected chi connectivity index (χ0v) is 12.8. The molecule has 1 aromatic heterocycles. The maximum absolute atomic E-state index is 5.96. The van der Waals surface area contributed by atoms with Crippen LogP contribution in [0.4, 0.5) is 5.82 Å². The van der Waals surface area contributed by atoms with Gasteiger partial charge in [-0.3, -0.25) is 0 Å².